The first-order valence-electron chi connectivity index (χ1n) is 10.9. The summed E-state index contributed by atoms with van der Waals surface area (Å²) in [6, 6.07) is 14.3. The van der Waals surface area contributed by atoms with Gasteiger partial charge in [-0.1, -0.05) is 18.2 Å². The van der Waals surface area contributed by atoms with Crippen LogP contribution in [0, 0.1) is 5.82 Å². The Labute approximate surface area is 206 Å². The lowest BCUT2D eigenvalue weighted by molar-refractivity contribution is -0.114. The van der Waals surface area contributed by atoms with E-state index >= 15 is 0 Å². The molecule has 35 heavy (non-hydrogen) atoms. The molecule has 11 heteroatoms. The van der Waals surface area contributed by atoms with Crippen molar-refractivity contribution >= 4 is 44.5 Å². The number of amides is 2. The highest BCUT2D eigenvalue weighted by molar-refractivity contribution is 7.94. The molecule has 1 saturated heterocycles. The van der Waals surface area contributed by atoms with Gasteiger partial charge in [0.1, 0.15) is 16.6 Å². The molecule has 2 heterocycles. The lowest BCUT2D eigenvalue weighted by Crippen LogP contribution is -2.38. The van der Waals surface area contributed by atoms with Gasteiger partial charge in [-0.2, -0.15) is 0 Å². The van der Waals surface area contributed by atoms with Crippen molar-refractivity contribution in [3.05, 3.63) is 77.4 Å². The van der Waals surface area contributed by atoms with Gasteiger partial charge in [0.2, 0.25) is 5.91 Å². The molecule has 1 atom stereocenters. The summed E-state index contributed by atoms with van der Waals surface area (Å²) in [6.45, 7) is 0.461. The van der Waals surface area contributed by atoms with Gasteiger partial charge in [-0.05, 0) is 60.7 Å². The molecule has 0 spiro atoms. The quantitative estimate of drug-likeness (QED) is 0.451. The number of benzene rings is 2. The van der Waals surface area contributed by atoms with Crippen LogP contribution in [0.5, 0.6) is 0 Å². The number of nitrogens with one attached hydrogen (secondary N) is 2. The summed E-state index contributed by atoms with van der Waals surface area (Å²) in [4.78, 5) is 25.7. The van der Waals surface area contributed by atoms with Crippen LogP contribution < -0.4 is 14.9 Å². The zero-order valence-electron chi connectivity index (χ0n) is 18.6. The summed E-state index contributed by atoms with van der Waals surface area (Å²) in [5.74, 6) is -1.57. The van der Waals surface area contributed by atoms with Crippen LogP contribution in [0.1, 0.15) is 23.2 Å². The summed E-state index contributed by atoms with van der Waals surface area (Å²) in [7, 11) is -4.08. The molecular weight excluding hydrogens is 493 g/mol. The number of anilines is 2. The third kappa shape index (κ3) is 6.05. The van der Waals surface area contributed by atoms with Crippen LogP contribution in [-0.2, 0) is 19.6 Å². The van der Waals surface area contributed by atoms with E-state index in [9.17, 15) is 22.4 Å². The number of hydrogen-bond acceptors (Lipinski definition) is 6. The van der Waals surface area contributed by atoms with Gasteiger partial charge in [0, 0.05) is 13.2 Å². The Bertz CT molecular complexity index is 1270. The van der Waals surface area contributed by atoms with Crippen molar-refractivity contribution in [2.75, 3.05) is 29.3 Å². The monoisotopic (exact) mass is 517 g/mol. The Morgan fingerprint density at radius 3 is 2.54 bits per heavy atom. The van der Waals surface area contributed by atoms with Gasteiger partial charge >= 0.3 is 0 Å². The fourth-order valence-electron chi connectivity index (χ4n) is 3.66. The number of halogens is 1. The topological polar surface area (TPSA) is 105 Å². The summed E-state index contributed by atoms with van der Waals surface area (Å²) >= 11 is 1.01. The second kappa shape index (κ2) is 11.0. The van der Waals surface area contributed by atoms with Crippen LogP contribution in [0.4, 0.5) is 15.8 Å². The molecule has 4 rings (SSSR count). The first-order chi connectivity index (χ1) is 16.8. The van der Waals surface area contributed by atoms with E-state index in [1.54, 1.807) is 35.7 Å². The van der Waals surface area contributed by atoms with Crippen LogP contribution >= 0.6 is 11.3 Å². The van der Waals surface area contributed by atoms with E-state index in [1.165, 1.54) is 18.2 Å². The Morgan fingerprint density at radius 1 is 1.09 bits per heavy atom. The summed E-state index contributed by atoms with van der Waals surface area (Å²) in [5.41, 5.74) is 0.626. The maximum Gasteiger partial charge on any atom is 0.274 e. The van der Waals surface area contributed by atoms with Crippen molar-refractivity contribution in [1.29, 1.82) is 0 Å². The van der Waals surface area contributed by atoms with E-state index in [-0.39, 0.29) is 33.2 Å². The van der Waals surface area contributed by atoms with Gasteiger partial charge in [0.15, 0.2) is 0 Å². The minimum atomic E-state index is -4.08. The predicted octanol–water partition coefficient (Wildman–Crippen LogP) is 3.63. The Balaban J connectivity index is 1.52. The third-order valence-electron chi connectivity index (χ3n) is 5.40. The zero-order valence-corrected chi connectivity index (χ0v) is 20.3. The van der Waals surface area contributed by atoms with Gasteiger partial charge < -0.3 is 15.4 Å². The Morgan fingerprint density at radius 2 is 1.86 bits per heavy atom. The number of para-hydroxylation sites is 1. The lowest BCUT2D eigenvalue weighted by Gasteiger charge is -2.23. The SMILES string of the molecule is O=C(CN(c1ccc(F)cc1)S(=O)(=O)c1cccs1)Nc1ccccc1C(=O)NCC1CCCO1. The number of nitrogens with zero attached hydrogens (tertiary/aromatic N) is 1. The molecule has 0 saturated carbocycles. The molecule has 1 aromatic heterocycles. The molecule has 8 nitrogen and oxygen atoms in total. The van der Waals surface area contributed by atoms with Gasteiger partial charge in [-0.25, -0.2) is 12.8 Å². The molecule has 1 fully saturated rings. The molecule has 0 bridgehead atoms. The van der Waals surface area contributed by atoms with E-state index in [2.05, 4.69) is 10.6 Å². The Kier molecular flexibility index (Phi) is 7.79. The number of sulfonamides is 1. The molecule has 184 valence electrons. The molecule has 3 aromatic rings. The van der Waals surface area contributed by atoms with Crippen molar-refractivity contribution in [3.8, 4) is 0 Å². The van der Waals surface area contributed by atoms with Crippen molar-refractivity contribution in [2.45, 2.75) is 23.2 Å². The average molecular weight is 518 g/mol. The highest BCUT2D eigenvalue weighted by Gasteiger charge is 2.28. The molecular formula is C24H24FN3O5S2. The number of hydrogen-bond donors (Lipinski definition) is 2. The molecule has 0 aliphatic carbocycles. The van der Waals surface area contributed by atoms with Crippen molar-refractivity contribution in [2.24, 2.45) is 0 Å². The van der Waals surface area contributed by atoms with Crippen LogP contribution in [0.3, 0.4) is 0 Å². The molecule has 2 amide bonds. The maximum absolute atomic E-state index is 13.5. The van der Waals surface area contributed by atoms with E-state index in [0.717, 1.165) is 40.6 Å². The first-order valence-corrected chi connectivity index (χ1v) is 13.3. The maximum atomic E-state index is 13.5. The van der Waals surface area contributed by atoms with Crippen LogP contribution in [0.2, 0.25) is 0 Å². The highest BCUT2D eigenvalue weighted by Crippen LogP contribution is 2.27. The summed E-state index contributed by atoms with van der Waals surface area (Å²) in [5, 5.41) is 7.07. The minimum Gasteiger partial charge on any atom is -0.376 e. The number of rotatable bonds is 9. The molecule has 1 aliphatic rings. The smallest absolute Gasteiger partial charge is 0.274 e. The molecule has 1 aliphatic heterocycles. The van der Waals surface area contributed by atoms with Gasteiger partial charge in [-0.15, -0.1) is 11.3 Å². The summed E-state index contributed by atoms with van der Waals surface area (Å²) in [6.07, 6.45) is 1.79. The van der Waals surface area contributed by atoms with E-state index in [4.69, 9.17) is 4.74 Å². The number of carbonyl (C=O) groups is 2. The van der Waals surface area contributed by atoms with E-state index in [1.807, 2.05) is 0 Å². The standard InChI is InChI=1S/C24H24FN3O5S2/c25-17-9-11-18(12-10-17)28(35(31,32)23-8-4-14-34-23)16-22(29)27-21-7-2-1-6-20(21)24(30)26-15-19-5-3-13-33-19/h1-2,4,6-12,14,19H,3,5,13,15-16H2,(H,26,30)(H,27,29). The second-order valence-electron chi connectivity index (χ2n) is 7.86. The zero-order chi connectivity index (χ0) is 24.8. The number of thiophene rings is 1. The minimum absolute atomic E-state index is 0.0348. The normalized spacial score (nSPS) is 15.5. The fourth-order valence-corrected chi connectivity index (χ4v) is 6.18. The number of ether oxygens (including phenoxy) is 1. The van der Waals surface area contributed by atoms with Gasteiger partial charge in [0.05, 0.1) is 23.0 Å². The largest absolute Gasteiger partial charge is 0.376 e. The van der Waals surface area contributed by atoms with Gasteiger partial charge in [0.25, 0.3) is 15.9 Å². The van der Waals surface area contributed by atoms with Crippen molar-refractivity contribution in [3.63, 3.8) is 0 Å². The number of carbonyl (C=O) groups excluding carboxylic acids is 2. The highest BCUT2D eigenvalue weighted by atomic mass is 32.2. The second-order valence-corrected chi connectivity index (χ2v) is 10.9. The van der Waals surface area contributed by atoms with Crippen molar-refractivity contribution in [1.82, 2.24) is 5.32 Å². The van der Waals surface area contributed by atoms with Crippen LogP contribution in [0.25, 0.3) is 0 Å². The predicted molar refractivity (Wildman–Crippen MR) is 132 cm³/mol. The first kappa shape index (κ1) is 24.8. The molecule has 2 N–H and O–H groups in total. The van der Waals surface area contributed by atoms with Crippen LogP contribution in [0.15, 0.2) is 70.3 Å². The van der Waals surface area contributed by atoms with E-state index in [0.29, 0.717) is 13.2 Å². The third-order valence-corrected chi connectivity index (χ3v) is 8.55. The lowest BCUT2D eigenvalue weighted by atomic mass is 10.1. The Hall–Kier alpha value is -3.28. The molecule has 2 aromatic carbocycles. The summed E-state index contributed by atoms with van der Waals surface area (Å²) < 4.78 is 46.4. The van der Waals surface area contributed by atoms with Crippen molar-refractivity contribution < 1.29 is 27.1 Å². The van der Waals surface area contributed by atoms with E-state index < -0.39 is 28.3 Å². The van der Waals surface area contributed by atoms with Gasteiger partial charge in [-0.3, -0.25) is 13.9 Å². The molecule has 1 unspecified atom stereocenters. The molecule has 0 radical (unpaired) electrons. The van der Waals surface area contributed by atoms with Crippen LogP contribution in [-0.4, -0.2) is 46.0 Å². The average Bonchev–Trinajstić information content (AvgIpc) is 3.57. The fraction of sp³-hybridized carbons (Fsp3) is 0.250.